The number of benzene rings is 1. The summed E-state index contributed by atoms with van der Waals surface area (Å²) in [6, 6.07) is 11.3. The van der Waals surface area contributed by atoms with Crippen molar-refractivity contribution in [1.82, 2.24) is 14.3 Å². The van der Waals surface area contributed by atoms with E-state index in [9.17, 15) is 9.18 Å². The van der Waals surface area contributed by atoms with Gasteiger partial charge >= 0.3 is 0 Å². The number of aromatic nitrogens is 2. The molecule has 1 aromatic carbocycles. The van der Waals surface area contributed by atoms with Crippen LogP contribution in [0.1, 0.15) is 11.3 Å². The van der Waals surface area contributed by atoms with E-state index in [4.69, 9.17) is 16.3 Å². The fraction of sp³-hybridized carbons (Fsp3) is 0.263. The van der Waals surface area contributed by atoms with Gasteiger partial charge in [-0.2, -0.15) is 0 Å². The molecule has 0 bridgehead atoms. The van der Waals surface area contributed by atoms with Crippen LogP contribution in [0.25, 0.3) is 5.65 Å². The summed E-state index contributed by atoms with van der Waals surface area (Å²) >= 11 is 5.94. The molecule has 0 aliphatic carbocycles. The minimum atomic E-state index is -0.264. The largest absolute Gasteiger partial charge is 0.383 e. The summed E-state index contributed by atoms with van der Waals surface area (Å²) in [5.41, 5.74) is 2.01. The van der Waals surface area contributed by atoms with Gasteiger partial charge in [0.2, 0.25) is 0 Å². The predicted octanol–water partition coefficient (Wildman–Crippen LogP) is 3.14. The van der Waals surface area contributed by atoms with Crippen molar-refractivity contribution in [1.29, 1.82) is 0 Å². The van der Waals surface area contributed by atoms with Crippen LogP contribution in [0.3, 0.4) is 0 Å². The summed E-state index contributed by atoms with van der Waals surface area (Å²) in [6.45, 7) is 2.29. The average molecular weight is 376 g/mol. The standard InChI is InChI=1S/C19H19ClFN3O2/c1-26-9-8-23(11-14-2-5-16(21)6-3-14)13-17-10-19(25)24-12-15(20)4-7-18(24)22-17/h2-7,10,12H,8-9,11,13H2,1H3. The first-order chi connectivity index (χ1) is 12.5. The lowest BCUT2D eigenvalue weighted by Gasteiger charge is -2.22. The van der Waals surface area contributed by atoms with E-state index in [0.717, 1.165) is 5.56 Å². The third kappa shape index (κ3) is 4.66. The van der Waals surface area contributed by atoms with Gasteiger partial charge in [0.25, 0.3) is 5.56 Å². The number of rotatable bonds is 7. The Morgan fingerprint density at radius 3 is 2.69 bits per heavy atom. The van der Waals surface area contributed by atoms with Crippen molar-refractivity contribution < 1.29 is 9.13 Å². The molecule has 3 aromatic rings. The molecule has 0 N–H and O–H groups in total. The molecule has 7 heteroatoms. The van der Waals surface area contributed by atoms with Crippen molar-refractivity contribution in [3.8, 4) is 0 Å². The van der Waals surface area contributed by atoms with Crippen LogP contribution in [0.4, 0.5) is 4.39 Å². The fourth-order valence-electron chi connectivity index (χ4n) is 2.72. The maximum Gasteiger partial charge on any atom is 0.258 e. The van der Waals surface area contributed by atoms with Gasteiger partial charge in [-0.25, -0.2) is 9.37 Å². The molecule has 136 valence electrons. The quantitative estimate of drug-likeness (QED) is 0.636. The summed E-state index contributed by atoms with van der Waals surface area (Å²) < 4.78 is 19.7. The molecule has 5 nitrogen and oxygen atoms in total. The second kappa shape index (κ2) is 8.40. The van der Waals surface area contributed by atoms with Crippen LogP contribution in [-0.2, 0) is 17.8 Å². The molecular weight excluding hydrogens is 357 g/mol. The van der Waals surface area contributed by atoms with Crippen molar-refractivity contribution >= 4 is 17.2 Å². The van der Waals surface area contributed by atoms with E-state index in [2.05, 4.69) is 9.88 Å². The lowest BCUT2D eigenvalue weighted by atomic mass is 10.2. The zero-order chi connectivity index (χ0) is 18.5. The van der Waals surface area contributed by atoms with E-state index >= 15 is 0 Å². The Morgan fingerprint density at radius 2 is 1.96 bits per heavy atom. The molecule has 0 saturated heterocycles. The van der Waals surface area contributed by atoms with E-state index in [0.29, 0.717) is 42.6 Å². The highest BCUT2D eigenvalue weighted by Crippen LogP contribution is 2.12. The zero-order valence-electron chi connectivity index (χ0n) is 14.4. The molecule has 0 radical (unpaired) electrons. The van der Waals surface area contributed by atoms with Crippen molar-refractivity contribution in [2.75, 3.05) is 20.3 Å². The Hall–Kier alpha value is -2.28. The van der Waals surface area contributed by atoms with E-state index in [1.165, 1.54) is 22.6 Å². The highest BCUT2D eigenvalue weighted by molar-refractivity contribution is 6.30. The van der Waals surface area contributed by atoms with E-state index in [1.54, 1.807) is 37.6 Å². The van der Waals surface area contributed by atoms with Gasteiger partial charge in [0.1, 0.15) is 11.5 Å². The number of fused-ring (bicyclic) bond motifs is 1. The Balaban J connectivity index is 1.83. The molecule has 0 atom stereocenters. The second-order valence-corrected chi connectivity index (χ2v) is 6.43. The van der Waals surface area contributed by atoms with Crippen LogP contribution in [0.15, 0.2) is 53.5 Å². The number of ether oxygens (including phenoxy) is 1. The number of halogens is 2. The minimum absolute atomic E-state index is 0.180. The summed E-state index contributed by atoms with van der Waals surface area (Å²) in [6.07, 6.45) is 1.55. The fourth-order valence-corrected chi connectivity index (χ4v) is 2.88. The van der Waals surface area contributed by atoms with Crippen molar-refractivity contribution in [2.45, 2.75) is 13.1 Å². The van der Waals surface area contributed by atoms with Crippen LogP contribution in [-0.4, -0.2) is 34.5 Å². The Labute approximate surface area is 155 Å². The summed E-state index contributed by atoms with van der Waals surface area (Å²) in [4.78, 5) is 19.0. The molecule has 0 amide bonds. The molecule has 26 heavy (non-hydrogen) atoms. The van der Waals surface area contributed by atoms with Gasteiger partial charge in [0.15, 0.2) is 0 Å². The highest BCUT2D eigenvalue weighted by Gasteiger charge is 2.10. The molecule has 0 spiro atoms. The molecule has 0 aliphatic rings. The number of hydrogen-bond donors (Lipinski definition) is 0. The van der Waals surface area contributed by atoms with Crippen molar-refractivity contribution in [3.63, 3.8) is 0 Å². The van der Waals surface area contributed by atoms with Crippen molar-refractivity contribution in [2.24, 2.45) is 0 Å². The van der Waals surface area contributed by atoms with Gasteiger partial charge in [0.05, 0.1) is 17.3 Å². The van der Waals surface area contributed by atoms with Crippen molar-refractivity contribution in [3.05, 3.63) is 81.1 Å². The molecule has 2 heterocycles. The third-order valence-electron chi connectivity index (χ3n) is 3.99. The third-order valence-corrected chi connectivity index (χ3v) is 4.22. The average Bonchev–Trinajstić information content (AvgIpc) is 2.62. The van der Waals surface area contributed by atoms with E-state index in [1.807, 2.05) is 0 Å². The number of nitrogens with zero attached hydrogens (tertiary/aromatic N) is 3. The number of hydrogen-bond acceptors (Lipinski definition) is 4. The van der Waals surface area contributed by atoms with Crippen LogP contribution < -0.4 is 5.56 Å². The second-order valence-electron chi connectivity index (χ2n) is 5.99. The van der Waals surface area contributed by atoms with E-state index < -0.39 is 0 Å². The van der Waals surface area contributed by atoms with Crippen LogP contribution >= 0.6 is 11.6 Å². The molecule has 0 saturated carbocycles. The smallest absolute Gasteiger partial charge is 0.258 e. The first kappa shape index (κ1) is 18.5. The topological polar surface area (TPSA) is 46.8 Å². The van der Waals surface area contributed by atoms with Gasteiger partial charge in [-0.1, -0.05) is 23.7 Å². The monoisotopic (exact) mass is 375 g/mol. The minimum Gasteiger partial charge on any atom is -0.383 e. The maximum atomic E-state index is 13.1. The predicted molar refractivity (Wildman–Crippen MR) is 98.9 cm³/mol. The van der Waals surface area contributed by atoms with Gasteiger partial charge in [-0.15, -0.1) is 0 Å². The van der Waals surface area contributed by atoms with Gasteiger partial charge in [-0.3, -0.25) is 14.1 Å². The SMILES string of the molecule is COCCN(Cc1ccc(F)cc1)Cc1cc(=O)n2cc(Cl)ccc2n1. The molecule has 3 rings (SSSR count). The molecule has 0 fully saturated rings. The molecular formula is C19H19ClFN3O2. The van der Waals surface area contributed by atoms with Gasteiger partial charge in [-0.05, 0) is 29.8 Å². The highest BCUT2D eigenvalue weighted by atomic mass is 35.5. The zero-order valence-corrected chi connectivity index (χ0v) is 15.1. The lowest BCUT2D eigenvalue weighted by Crippen LogP contribution is -2.28. The summed E-state index contributed by atoms with van der Waals surface area (Å²) in [5, 5.41) is 0.479. The van der Waals surface area contributed by atoms with Gasteiger partial charge in [0, 0.05) is 39.0 Å². The maximum absolute atomic E-state index is 13.1. The van der Waals surface area contributed by atoms with Crippen LogP contribution in [0, 0.1) is 5.82 Å². The number of methoxy groups -OCH3 is 1. The van der Waals surface area contributed by atoms with Crippen LogP contribution in [0.2, 0.25) is 5.02 Å². The Morgan fingerprint density at radius 1 is 1.19 bits per heavy atom. The first-order valence-corrected chi connectivity index (χ1v) is 8.56. The molecule has 2 aromatic heterocycles. The normalized spacial score (nSPS) is 11.4. The van der Waals surface area contributed by atoms with Gasteiger partial charge < -0.3 is 4.74 Å². The van der Waals surface area contributed by atoms with E-state index in [-0.39, 0.29) is 11.4 Å². The number of pyridine rings is 1. The Kier molecular flexibility index (Phi) is 5.98. The van der Waals surface area contributed by atoms with Crippen LogP contribution in [0.5, 0.6) is 0 Å². The first-order valence-electron chi connectivity index (χ1n) is 8.19. The Bertz CT molecular complexity index is 944. The summed E-state index contributed by atoms with van der Waals surface area (Å²) in [5.74, 6) is -0.264. The molecule has 0 aliphatic heterocycles. The molecule has 0 unspecified atom stereocenters. The summed E-state index contributed by atoms with van der Waals surface area (Å²) in [7, 11) is 1.64. The lowest BCUT2D eigenvalue weighted by molar-refractivity contribution is 0.139.